The molecule has 0 aromatic rings. The normalized spacial score (nSPS) is 21.9. The Morgan fingerprint density at radius 3 is 2.50 bits per heavy atom. The molecule has 1 fully saturated rings. The van der Waals surface area contributed by atoms with Gasteiger partial charge in [0.15, 0.2) is 5.60 Å². The molecule has 0 saturated carbocycles. The number of methoxy groups -OCH3 is 1. The van der Waals surface area contributed by atoms with Crippen LogP contribution >= 0.6 is 0 Å². The lowest BCUT2D eigenvalue weighted by Crippen LogP contribution is -2.51. The smallest absolute Gasteiger partial charge is 0.338 e. The molecule has 1 rings (SSSR count). The zero-order valence-corrected chi connectivity index (χ0v) is 12.0. The monoisotopic (exact) mass is 258 g/mol. The van der Waals surface area contributed by atoms with Gasteiger partial charge in [-0.2, -0.15) is 0 Å². The fourth-order valence-electron chi connectivity index (χ4n) is 2.58. The van der Waals surface area contributed by atoms with Crippen molar-refractivity contribution in [2.75, 3.05) is 40.3 Å². The topological polar surface area (TPSA) is 53.0 Å². The number of ether oxygens (including phenoxy) is 1. The number of rotatable bonds is 5. The summed E-state index contributed by atoms with van der Waals surface area (Å²) in [5.74, 6) is -0.569. The second-order valence-corrected chi connectivity index (χ2v) is 5.35. The first kappa shape index (κ1) is 15.4. The van der Waals surface area contributed by atoms with E-state index in [0.29, 0.717) is 12.6 Å². The van der Waals surface area contributed by atoms with E-state index < -0.39 is 11.6 Å². The standard InChI is InChI=1S/C13H26N2O3/c1-5-15-8-6-11(7-9-15)14(3)10-13(2,17)12(16)18-4/h11,17H,5-10H2,1-4H3. The van der Waals surface area contributed by atoms with Gasteiger partial charge in [-0.05, 0) is 46.4 Å². The number of hydrogen-bond donors (Lipinski definition) is 1. The molecule has 1 heterocycles. The minimum absolute atomic E-state index is 0.316. The molecule has 0 aromatic carbocycles. The summed E-state index contributed by atoms with van der Waals surface area (Å²) in [6.45, 7) is 7.27. The number of carbonyl (C=O) groups excluding carboxylic acids is 1. The maximum Gasteiger partial charge on any atom is 0.338 e. The summed E-state index contributed by atoms with van der Waals surface area (Å²) in [5.41, 5.74) is -1.43. The van der Waals surface area contributed by atoms with Crippen molar-refractivity contribution in [2.45, 2.75) is 38.3 Å². The highest BCUT2D eigenvalue weighted by Crippen LogP contribution is 2.18. The molecule has 0 spiro atoms. The van der Waals surface area contributed by atoms with Gasteiger partial charge in [0, 0.05) is 12.6 Å². The van der Waals surface area contributed by atoms with E-state index in [0.717, 1.165) is 32.5 Å². The number of likely N-dealkylation sites (N-methyl/N-ethyl adjacent to an activating group) is 1. The van der Waals surface area contributed by atoms with Crippen LogP contribution < -0.4 is 0 Å². The second kappa shape index (κ2) is 6.50. The van der Waals surface area contributed by atoms with Crippen molar-refractivity contribution in [3.05, 3.63) is 0 Å². The van der Waals surface area contributed by atoms with E-state index in [4.69, 9.17) is 0 Å². The average molecular weight is 258 g/mol. The van der Waals surface area contributed by atoms with Gasteiger partial charge >= 0.3 is 5.97 Å². The molecule has 0 radical (unpaired) electrons. The molecule has 5 nitrogen and oxygen atoms in total. The van der Waals surface area contributed by atoms with Crippen LogP contribution in [-0.4, -0.2) is 72.9 Å². The van der Waals surface area contributed by atoms with E-state index in [-0.39, 0.29) is 0 Å². The van der Waals surface area contributed by atoms with Gasteiger partial charge in [-0.3, -0.25) is 4.90 Å². The van der Waals surface area contributed by atoms with Crippen LogP contribution in [-0.2, 0) is 9.53 Å². The lowest BCUT2D eigenvalue weighted by molar-refractivity contribution is -0.162. The molecular formula is C13H26N2O3. The molecule has 0 aliphatic carbocycles. The van der Waals surface area contributed by atoms with Crippen molar-refractivity contribution < 1.29 is 14.6 Å². The number of esters is 1. The molecule has 0 bridgehead atoms. The van der Waals surface area contributed by atoms with Gasteiger partial charge in [0.25, 0.3) is 0 Å². The lowest BCUT2D eigenvalue weighted by atomic mass is 10.0. The highest BCUT2D eigenvalue weighted by molar-refractivity contribution is 5.78. The Kier molecular flexibility index (Phi) is 5.56. The summed E-state index contributed by atoms with van der Waals surface area (Å²) in [5, 5.41) is 10.1. The summed E-state index contributed by atoms with van der Waals surface area (Å²) in [4.78, 5) is 15.9. The average Bonchev–Trinajstić information content (AvgIpc) is 2.37. The first-order valence-electron chi connectivity index (χ1n) is 6.64. The molecule has 0 aromatic heterocycles. The van der Waals surface area contributed by atoms with Crippen LogP contribution in [0.25, 0.3) is 0 Å². The number of piperidine rings is 1. The van der Waals surface area contributed by atoms with E-state index >= 15 is 0 Å². The molecule has 1 saturated heterocycles. The molecule has 1 atom stereocenters. The van der Waals surface area contributed by atoms with Crippen molar-refractivity contribution in [1.82, 2.24) is 9.80 Å². The largest absolute Gasteiger partial charge is 0.467 e. The Bertz CT molecular complexity index is 273. The van der Waals surface area contributed by atoms with Gasteiger partial charge < -0.3 is 14.7 Å². The first-order chi connectivity index (χ1) is 8.40. The van der Waals surface area contributed by atoms with Crippen LogP contribution in [0.1, 0.15) is 26.7 Å². The molecule has 106 valence electrons. The maximum atomic E-state index is 11.4. The van der Waals surface area contributed by atoms with Crippen LogP contribution in [0.4, 0.5) is 0 Å². The lowest BCUT2D eigenvalue weighted by Gasteiger charge is -2.38. The van der Waals surface area contributed by atoms with Gasteiger partial charge in [-0.25, -0.2) is 4.79 Å². The summed E-state index contributed by atoms with van der Waals surface area (Å²) in [6.07, 6.45) is 2.17. The second-order valence-electron chi connectivity index (χ2n) is 5.35. The number of aliphatic hydroxyl groups is 1. The summed E-state index contributed by atoms with van der Waals surface area (Å²) < 4.78 is 4.61. The van der Waals surface area contributed by atoms with Gasteiger partial charge in [-0.1, -0.05) is 6.92 Å². The van der Waals surface area contributed by atoms with Gasteiger partial charge in [-0.15, -0.1) is 0 Å². The summed E-state index contributed by atoms with van der Waals surface area (Å²) in [7, 11) is 3.26. The van der Waals surface area contributed by atoms with E-state index in [9.17, 15) is 9.90 Å². The van der Waals surface area contributed by atoms with E-state index in [1.807, 2.05) is 7.05 Å². The van der Waals surface area contributed by atoms with Crippen molar-refractivity contribution in [3.8, 4) is 0 Å². The highest BCUT2D eigenvalue weighted by Gasteiger charge is 2.35. The highest BCUT2D eigenvalue weighted by atomic mass is 16.5. The van der Waals surface area contributed by atoms with Crippen LogP contribution in [0, 0.1) is 0 Å². The number of hydrogen-bond acceptors (Lipinski definition) is 5. The molecular weight excluding hydrogens is 232 g/mol. The minimum atomic E-state index is -1.43. The first-order valence-corrected chi connectivity index (χ1v) is 6.64. The van der Waals surface area contributed by atoms with Crippen LogP contribution in [0.15, 0.2) is 0 Å². The van der Waals surface area contributed by atoms with Crippen LogP contribution in [0.3, 0.4) is 0 Å². The number of carbonyl (C=O) groups is 1. The van der Waals surface area contributed by atoms with Gasteiger partial charge in [0.1, 0.15) is 0 Å². The van der Waals surface area contributed by atoms with Crippen LogP contribution in [0.5, 0.6) is 0 Å². The van der Waals surface area contributed by atoms with Crippen molar-refractivity contribution in [2.24, 2.45) is 0 Å². The molecule has 5 heteroatoms. The predicted molar refractivity (Wildman–Crippen MR) is 70.4 cm³/mol. The van der Waals surface area contributed by atoms with Gasteiger partial charge in [0.05, 0.1) is 7.11 Å². The zero-order valence-electron chi connectivity index (χ0n) is 12.0. The van der Waals surface area contributed by atoms with Crippen molar-refractivity contribution >= 4 is 5.97 Å². The van der Waals surface area contributed by atoms with E-state index in [1.54, 1.807) is 0 Å². The third-order valence-corrected chi connectivity index (χ3v) is 3.81. The summed E-state index contributed by atoms with van der Waals surface area (Å²) in [6, 6.07) is 0.434. The van der Waals surface area contributed by atoms with E-state index in [2.05, 4.69) is 21.5 Å². The zero-order chi connectivity index (χ0) is 13.8. The Hall–Kier alpha value is -0.650. The summed E-state index contributed by atoms with van der Waals surface area (Å²) >= 11 is 0. The maximum absolute atomic E-state index is 11.4. The molecule has 1 N–H and O–H groups in total. The van der Waals surface area contributed by atoms with Gasteiger partial charge in [0.2, 0.25) is 0 Å². The predicted octanol–water partition coefficient (Wildman–Crippen LogP) is 0.327. The molecule has 1 aliphatic heterocycles. The van der Waals surface area contributed by atoms with Crippen molar-refractivity contribution in [3.63, 3.8) is 0 Å². The van der Waals surface area contributed by atoms with Crippen molar-refractivity contribution in [1.29, 1.82) is 0 Å². The van der Waals surface area contributed by atoms with Crippen LogP contribution in [0.2, 0.25) is 0 Å². The van der Waals surface area contributed by atoms with E-state index in [1.165, 1.54) is 14.0 Å². The number of likely N-dealkylation sites (tertiary alicyclic amines) is 1. The Balaban J connectivity index is 2.46. The fourth-order valence-corrected chi connectivity index (χ4v) is 2.58. The minimum Gasteiger partial charge on any atom is -0.467 e. The SMILES string of the molecule is CCN1CCC(N(C)CC(C)(O)C(=O)OC)CC1. The Labute approximate surface area is 110 Å². The Morgan fingerprint density at radius 2 is 2.06 bits per heavy atom. The fraction of sp³-hybridized carbons (Fsp3) is 0.923. The molecule has 1 unspecified atom stereocenters. The quantitative estimate of drug-likeness (QED) is 0.720. The third-order valence-electron chi connectivity index (χ3n) is 3.81. The molecule has 1 aliphatic rings. The Morgan fingerprint density at radius 1 is 1.50 bits per heavy atom. The number of nitrogens with zero attached hydrogens (tertiary/aromatic N) is 2. The molecule has 0 amide bonds. The third kappa shape index (κ3) is 3.93. The molecule has 18 heavy (non-hydrogen) atoms.